The summed E-state index contributed by atoms with van der Waals surface area (Å²) in [5, 5.41) is 26.5. The van der Waals surface area contributed by atoms with Gasteiger partial charge in [-0.1, -0.05) is 84.0 Å². The highest BCUT2D eigenvalue weighted by Crippen LogP contribution is 2.61. The van der Waals surface area contributed by atoms with Crippen molar-refractivity contribution in [3.8, 4) is 5.75 Å². The van der Waals surface area contributed by atoms with Crippen LogP contribution in [0.25, 0.3) is 0 Å². The maximum atomic E-state index is 14.3. The van der Waals surface area contributed by atoms with Crippen molar-refractivity contribution in [1.29, 1.82) is 0 Å². The average molecular weight is 747 g/mol. The predicted octanol–water partition coefficient (Wildman–Crippen LogP) is 6.65. The number of benzene rings is 2. The van der Waals surface area contributed by atoms with Crippen LogP contribution in [0.1, 0.15) is 104 Å². The molecule has 2 aromatic carbocycles. The summed E-state index contributed by atoms with van der Waals surface area (Å²) in [6, 6.07) is 16.9. The maximum Gasteiger partial charge on any atom is 0.240 e. The Kier molecular flexibility index (Phi) is 13.8. The lowest BCUT2D eigenvalue weighted by Crippen LogP contribution is -2.62. The number of carbonyl (C=O) groups excluding carboxylic acids is 1. The molecular weight excluding hydrogens is 677 g/mol. The number of nitrogens with one attached hydrogen (secondary N) is 1. The van der Waals surface area contributed by atoms with E-state index in [2.05, 4.69) is 105 Å². The van der Waals surface area contributed by atoms with Crippen molar-refractivity contribution >= 4 is 5.91 Å². The molecule has 3 N–H and O–H groups in total. The molecule has 2 aliphatic heterocycles. The Bertz CT molecular complexity index is 1510. The first-order valence-electron chi connectivity index (χ1n) is 21.2. The van der Waals surface area contributed by atoms with Gasteiger partial charge in [-0.05, 0) is 105 Å². The van der Waals surface area contributed by atoms with E-state index in [1.54, 1.807) is 12.0 Å². The summed E-state index contributed by atoms with van der Waals surface area (Å²) in [7, 11) is 0. The van der Waals surface area contributed by atoms with Crippen molar-refractivity contribution in [3.05, 3.63) is 65.2 Å². The van der Waals surface area contributed by atoms with Crippen LogP contribution >= 0.6 is 0 Å². The number of nitrogens with zero attached hydrogens (tertiary/aromatic N) is 3. The van der Waals surface area contributed by atoms with Gasteiger partial charge in [0.25, 0.3) is 0 Å². The predicted molar refractivity (Wildman–Crippen MR) is 214 cm³/mol. The quantitative estimate of drug-likeness (QED) is 0.156. The van der Waals surface area contributed by atoms with Gasteiger partial charge in [0.2, 0.25) is 5.91 Å². The fourth-order valence-corrected chi connectivity index (χ4v) is 10.4. The van der Waals surface area contributed by atoms with E-state index in [-0.39, 0.29) is 18.6 Å². The molecule has 0 spiro atoms. The van der Waals surface area contributed by atoms with E-state index in [1.807, 2.05) is 0 Å². The van der Waals surface area contributed by atoms with Crippen LogP contribution in [0.4, 0.5) is 0 Å². The second-order valence-corrected chi connectivity index (χ2v) is 18.2. The SMILES string of the molecule is CCCOc1ccccc1CN(Cc1cccc(CN2O[C@@H](CO)[C@@H]([C@H](C)O)[C@H]2C(=O)N[C@H]2C[C@H]3C[C@@H]([C@@H]2C)C3(C)C)c1)[C@@H](CC(C)C)CN1CCCC1. The molecule has 9 heteroatoms. The molecule has 5 aliphatic rings. The summed E-state index contributed by atoms with van der Waals surface area (Å²) < 4.78 is 6.24. The van der Waals surface area contributed by atoms with Crippen molar-refractivity contribution in [1.82, 2.24) is 20.2 Å². The van der Waals surface area contributed by atoms with Crippen LogP contribution in [0.15, 0.2) is 48.5 Å². The Morgan fingerprint density at radius 1 is 1.06 bits per heavy atom. The number of carbonyl (C=O) groups is 1. The van der Waals surface area contributed by atoms with Gasteiger partial charge in [-0.3, -0.25) is 14.5 Å². The summed E-state index contributed by atoms with van der Waals surface area (Å²) in [6.45, 7) is 21.3. The Labute approximate surface area is 325 Å². The van der Waals surface area contributed by atoms with Crippen LogP contribution in [-0.4, -0.2) is 94.2 Å². The molecular formula is C45H70N4O5. The van der Waals surface area contributed by atoms with E-state index in [4.69, 9.17) is 9.57 Å². The van der Waals surface area contributed by atoms with Gasteiger partial charge in [0.05, 0.1) is 25.9 Å². The number of hydroxylamine groups is 2. The van der Waals surface area contributed by atoms with Gasteiger partial charge in [0.15, 0.2) is 0 Å². The third-order valence-electron chi connectivity index (χ3n) is 13.5. The normalized spacial score (nSPS) is 29.4. The van der Waals surface area contributed by atoms with Crippen LogP contribution in [0, 0.1) is 35.0 Å². The minimum absolute atomic E-state index is 0.102. The van der Waals surface area contributed by atoms with Gasteiger partial charge in [-0.2, -0.15) is 5.06 Å². The zero-order valence-electron chi connectivity index (χ0n) is 34.3. The minimum Gasteiger partial charge on any atom is -0.493 e. The van der Waals surface area contributed by atoms with E-state index >= 15 is 0 Å². The first kappa shape index (κ1) is 41.1. The average Bonchev–Trinajstić information content (AvgIpc) is 3.79. The first-order valence-corrected chi connectivity index (χ1v) is 21.2. The summed E-state index contributed by atoms with van der Waals surface area (Å²) in [6.07, 6.45) is 5.36. The highest BCUT2D eigenvalue weighted by molar-refractivity contribution is 5.82. The number of rotatable bonds is 18. The van der Waals surface area contributed by atoms with Crippen LogP contribution in [0.5, 0.6) is 5.75 Å². The van der Waals surface area contributed by atoms with Gasteiger partial charge in [-0.15, -0.1) is 0 Å². The molecule has 2 bridgehead atoms. The van der Waals surface area contributed by atoms with Crippen molar-refractivity contribution in [2.45, 2.75) is 137 Å². The van der Waals surface area contributed by atoms with Crippen molar-refractivity contribution < 1.29 is 24.6 Å². The number of aliphatic hydroxyl groups is 2. The summed E-state index contributed by atoms with van der Waals surface area (Å²) in [5.74, 6) is 2.47. The number of aliphatic hydroxyl groups excluding tert-OH is 2. The largest absolute Gasteiger partial charge is 0.493 e. The van der Waals surface area contributed by atoms with Gasteiger partial charge in [0.1, 0.15) is 17.9 Å². The highest BCUT2D eigenvalue weighted by atomic mass is 16.7. The van der Waals surface area contributed by atoms with Gasteiger partial charge < -0.3 is 25.2 Å². The zero-order valence-corrected chi connectivity index (χ0v) is 34.3. The number of fused-ring (bicyclic) bond motifs is 2. The molecule has 1 amide bonds. The molecule has 2 saturated heterocycles. The molecule has 3 aliphatic carbocycles. The Hall–Kier alpha value is -2.53. The molecule has 54 heavy (non-hydrogen) atoms. The first-order chi connectivity index (χ1) is 25.9. The fourth-order valence-electron chi connectivity index (χ4n) is 10.4. The molecule has 0 aromatic heterocycles. The smallest absolute Gasteiger partial charge is 0.240 e. The van der Waals surface area contributed by atoms with Crippen molar-refractivity contribution in [3.63, 3.8) is 0 Å². The number of likely N-dealkylation sites (tertiary alicyclic amines) is 1. The Morgan fingerprint density at radius 2 is 1.80 bits per heavy atom. The lowest BCUT2D eigenvalue weighted by atomic mass is 9.45. The standard InChI is InChI=1S/C45H70N4O5/c1-8-20-53-40-17-10-9-16-35(40)27-48(37(21-30(2)3)28-47-18-11-12-19-47)25-33-14-13-15-34(22-33)26-49-43(42(32(5)51)41(29-50)54-49)44(52)46-39-24-36-23-38(31(39)4)45(36,6)7/h9-10,13-17,22,30-32,36-39,41-43,50-51H,8,11-12,18-21,23-29H2,1-7H3,(H,46,52)/t31-,32-,36+,37-,38-,39-,41-,42+,43-/m0/s1. The van der Waals surface area contributed by atoms with Crippen LogP contribution in [0.3, 0.4) is 0 Å². The molecule has 7 rings (SSSR count). The van der Waals surface area contributed by atoms with Gasteiger partial charge in [-0.25, -0.2) is 0 Å². The van der Waals surface area contributed by atoms with Crippen LogP contribution in [0.2, 0.25) is 0 Å². The molecule has 3 saturated carbocycles. The van der Waals surface area contributed by atoms with E-state index in [9.17, 15) is 15.0 Å². The number of hydrogen-bond donors (Lipinski definition) is 3. The molecule has 9 nitrogen and oxygen atoms in total. The fraction of sp³-hybridized carbons (Fsp3) is 0.711. The second-order valence-electron chi connectivity index (χ2n) is 18.2. The molecule has 0 radical (unpaired) electrons. The second kappa shape index (κ2) is 18.2. The molecule has 0 unspecified atom stereocenters. The third kappa shape index (κ3) is 9.35. The van der Waals surface area contributed by atoms with E-state index < -0.39 is 24.2 Å². The number of hydrogen-bond acceptors (Lipinski definition) is 8. The molecule has 300 valence electrons. The molecule has 5 fully saturated rings. The third-order valence-corrected chi connectivity index (χ3v) is 13.5. The number of para-hydroxylation sites is 1. The van der Waals surface area contributed by atoms with Crippen LogP contribution in [-0.2, 0) is 29.3 Å². The minimum atomic E-state index is -0.823. The van der Waals surface area contributed by atoms with E-state index in [0.29, 0.717) is 48.3 Å². The zero-order chi connectivity index (χ0) is 38.6. The topological polar surface area (TPSA) is 97.7 Å². The van der Waals surface area contributed by atoms with E-state index in [0.717, 1.165) is 50.2 Å². The monoisotopic (exact) mass is 747 g/mol. The van der Waals surface area contributed by atoms with Gasteiger partial charge in [0, 0.05) is 43.2 Å². The lowest BCUT2D eigenvalue weighted by Gasteiger charge is -2.62. The number of amides is 1. The summed E-state index contributed by atoms with van der Waals surface area (Å²) >= 11 is 0. The Balaban J connectivity index is 1.23. The summed E-state index contributed by atoms with van der Waals surface area (Å²) in [5.41, 5.74) is 3.78. The summed E-state index contributed by atoms with van der Waals surface area (Å²) in [4.78, 5) is 25.9. The molecule has 9 atom stereocenters. The van der Waals surface area contributed by atoms with Crippen LogP contribution < -0.4 is 10.1 Å². The highest BCUT2D eigenvalue weighted by Gasteiger charge is 2.57. The number of ether oxygens (including phenoxy) is 1. The Morgan fingerprint density at radius 3 is 2.46 bits per heavy atom. The van der Waals surface area contributed by atoms with Crippen molar-refractivity contribution in [2.24, 2.45) is 35.0 Å². The van der Waals surface area contributed by atoms with E-state index in [1.165, 1.54) is 43.5 Å². The molecule has 2 aromatic rings. The lowest BCUT2D eigenvalue weighted by molar-refractivity contribution is -0.183. The molecule has 2 heterocycles. The van der Waals surface area contributed by atoms with Crippen molar-refractivity contribution in [2.75, 3.05) is 32.8 Å². The van der Waals surface area contributed by atoms with Gasteiger partial charge >= 0.3 is 0 Å². The maximum absolute atomic E-state index is 14.3.